The molecule has 2 rings (SSSR count). The minimum absolute atomic E-state index is 0.345. The fraction of sp³-hybridized carbons (Fsp3) is 0.429. The van der Waals surface area contributed by atoms with Gasteiger partial charge in [0.05, 0.1) is 26.4 Å². The van der Waals surface area contributed by atoms with Gasteiger partial charge >= 0.3 is 0 Å². The van der Waals surface area contributed by atoms with E-state index in [1.165, 1.54) is 5.56 Å². The van der Waals surface area contributed by atoms with Crippen LogP contribution >= 0.6 is 0 Å². The zero-order chi connectivity index (χ0) is 17.9. The van der Waals surface area contributed by atoms with Crippen LogP contribution in [0.3, 0.4) is 0 Å². The zero-order valence-electron chi connectivity index (χ0n) is 15.2. The molecule has 136 valence electrons. The van der Waals surface area contributed by atoms with Gasteiger partial charge in [-0.1, -0.05) is 49.4 Å². The Labute approximate surface area is 151 Å². The van der Waals surface area contributed by atoms with Crippen LogP contribution in [-0.4, -0.2) is 42.9 Å². The van der Waals surface area contributed by atoms with Crippen LogP contribution in [0.1, 0.15) is 24.5 Å². The van der Waals surface area contributed by atoms with Gasteiger partial charge in [0.1, 0.15) is 5.75 Å². The lowest BCUT2D eigenvalue weighted by molar-refractivity contribution is 0.00856. The molecule has 0 spiro atoms. The van der Waals surface area contributed by atoms with Crippen LogP contribution in [0.25, 0.3) is 0 Å². The van der Waals surface area contributed by atoms with Crippen LogP contribution in [0, 0.1) is 0 Å². The lowest BCUT2D eigenvalue weighted by Crippen LogP contribution is -2.35. The first-order valence-corrected chi connectivity index (χ1v) is 8.86. The van der Waals surface area contributed by atoms with E-state index in [0.717, 1.165) is 30.8 Å². The molecule has 2 aromatic rings. The highest BCUT2D eigenvalue weighted by Crippen LogP contribution is 2.13. The van der Waals surface area contributed by atoms with Gasteiger partial charge in [0.15, 0.2) is 0 Å². The summed E-state index contributed by atoms with van der Waals surface area (Å²) < 4.78 is 10.8. The van der Waals surface area contributed by atoms with Gasteiger partial charge < -0.3 is 14.6 Å². The maximum Gasteiger partial charge on any atom is 0.118 e. The summed E-state index contributed by atoms with van der Waals surface area (Å²) in [5.41, 5.74) is 2.34. The van der Waals surface area contributed by atoms with E-state index in [1.807, 2.05) is 42.5 Å². The molecule has 1 atom stereocenters. The summed E-state index contributed by atoms with van der Waals surface area (Å²) >= 11 is 0. The lowest BCUT2D eigenvalue weighted by atomic mass is 10.2. The molecule has 4 nitrogen and oxygen atoms in total. The molecule has 0 radical (unpaired) electrons. The molecule has 0 aliphatic rings. The van der Waals surface area contributed by atoms with Gasteiger partial charge in [-0.05, 0) is 36.2 Å². The monoisotopic (exact) mass is 343 g/mol. The lowest BCUT2D eigenvalue weighted by Gasteiger charge is -2.24. The fourth-order valence-electron chi connectivity index (χ4n) is 2.78. The molecule has 0 saturated heterocycles. The van der Waals surface area contributed by atoms with E-state index in [-0.39, 0.29) is 0 Å². The number of benzene rings is 2. The molecular formula is C21H29NO3. The maximum atomic E-state index is 10.3. The average Bonchev–Trinajstić information content (AvgIpc) is 2.63. The molecule has 0 amide bonds. The normalized spacial score (nSPS) is 12.3. The molecule has 4 heteroatoms. The Morgan fingerprint density at radius 3 is 2.36 bits per heavy atom. The van der Waals surface area contributed by atoms with Crippen molar-refractivity contribution in [2.75, 3.05) is 26.8 Å². The van der Waals surface area contributed by atoms with E-state index in [2.05, 4.69) is 24.0 Å². The smallest absolute Gasteiger partial charge is 0.118 e. The second-order valence-electron chi connectivity index (χ2n) is 6.24. The van der Waals surface area contributed by atoms with Crippen LogP contribution in [0.2, 0.25) is 0 Å². The van der Waals surface area contributed by atoms with Crippen LogP contribution in [0.5, 0.6) is 5.75 Å². The van der Waals surface area contributed by atoms with Gasteiger partial charge in [-0.25, -0.2) is 0 Å². The van der Waals surface area contributed by atoms with Crippen molar-refractivity contribution in [2.45, 2.75) is 32.6 Å². The highest BCUT2D eigenvalue weighted by atomic mass is 16.5. The molecule has 0 aromatic heterocycles. The minimum Gasteiger partial charge on any atom is -0.497 e. The molecule has 0 aliphatic carbocycles. The molecule has 0 saturated carbocycles. The molecule has 2 aromatic carbocycles. The van der Waals surface area contributed by atoms with Crippen LogP contribution < -0.4 is 4.74 Å². The second-order valence-corrected chi connectivity index (χ2v) is 6.24. The predicted octanol–water partition coefficient (Wildman–Crippen LogP) is 3.48. The van der Waals surface area contributed by atoms with E-state index in [9.17, 15) is 5.11 Å². The summed E-state index contributed by atoms with van der Waals surface area (Å²) in [7, 11) is 1.67. The summed E-state index contributed by atoms with van der Waals surface area (Å²) in [5.74, 6) is 0.861. The van der Waals surface area contributed by atoms with Crippen molar-refractivity contribution >= 4 is 0 Å². The third kappa shape index (κ3) is 7.26. The number of nitrogens with zero attached hydrogens (tertiary/aromatic N) is 1. The summed E-state index contributed by atoms with van der Waals surface area (Å²) in [5, 5.41) is 10.3. The van der Waals surface area contributed by atoms with E-state index in [4.69, 9.17) is 9.47 Å². The second kappa shape index (κ2) is 10.9. The van der Waals surface area contributed by atoms with Gasteiger partial charge in [0, 0.05) is 13.1 Å². The third-order valence-electron chi connectivity index (χ3n) is 4.00. The molecule has 1 unspecified atom stereocenters. The number of ether oxygens (including phenoxy) is 2. The maximum absolute atomic E-state index is 10.3. The first-order valence-electron chi connectivity index (χ1n) is 8.86. The Morgan fingerprint density at radius 2 is 1.72 bits per heavy atom. The average molecular weight is 343 g/mol. The molecule has 1 N–H and O–H groups in total. The number of aliphatic hydroxyl groups is 1. The van der Waals surface area contributed by atoms with Gasteiger partial charge in [-0.15, -0.1) is 0 Å². The minimum atomic E-state index is -0.492. The number of hydrogen-bond acceptors (Lipinski definition) is 4. The molecule has 0 aliphatic heterocycles. The topological polar surface area (TPSA) is 41.9 Å². The Kier molecular flexibility index (Phi) is 8.46. The first kappa shape index (κ1) is 19.4. The summed E-state index contributed by atoms with van der Waals surface area (Å²) in [6.45, 7) is 5.39. The van der Waals surface area contributed by atoms with E-state index < -0.39 is 6.10 Å². The van der Waals surface area contributed by atoms with E-state index in [1.54, 1.807) is 7.11 Å². The quantitative estimate of drug-likeness (QED) is 0.678. The molecular weight excluding hydrogens is 314 g/mol. The zero-order valence-corrected chi connectivity index (χ0v) is 15.2. The van der Waals surface area contributed by atoms with Crippen molar-refractivity contribution in [3.8, 4) is 5.75 Å². The summed E-state index contributed by atoms with van der Waals surface area (Å²) in [4.78, 5) is 2.26. The Balaban J connectivity index is 1.78. The Bertz CT molecular complexity index is 586. The largest absolute Gasteiger partial charge is 0.497 e. The van der Waals surface area contributed by atoms with Crippen LogP contribution in [-0.2, 0) is 17.9 Å². The van der Waals surface area contributed by atoms with Gasteiger partial charge in [-0.3, -0.25) is 4.90 Å². The van der Waals surface area contributed by atoms with Crippen LogP contribution in [0.15, 0.2) is 54.6 Å². The van der Waals surface area contributed by atoms with Gasteiger partial charge in [-0.2, -0.15) is 0 Å². The molecule has 25 heavy (non-hydrogen) atoms. The van der Waals surface area contributed by atoms with Crippen molar-refractivity contribution in [2.24, 2.45) is 0 Å². The molecule has 0 bridgehead atoms. The SMILES string of the molecule is CCCN(Cc1ccc(OC)cc1)CC(O)COCc1ccccc1. The van der Waals surface area contributed by atoms with E-state index in [0.29, 0.717) is 19.8 Å². The standard InChI is InChI=1S/C21H29NO3/c1-3-13-22(14-18-9-11-21(24-2)12-10-18)15-20(23)17-25-16-19-7-5-4-6-8-19/h4-12,20,23H,3,13-17H2,1-2H3. The molecule has 0 fully saturated rings. The van der Waals surface area contributed by atoms with Crippen molar-refractivity contribution in [3.05, 3.63) is 65.7 Å². The van der Waals surface area contributed by atoms with Crippen molar-refractivity contribution in [1.82, 2.24) is 4.90 Å². The Morgan fingerprint density at radius 1 is 1.00 bits per heavy atom. The molecule has 0 heterocycles. The summed E-state index contributed by atoms with van der Waals surface area (Å²) in [6, 6.07) is 18.1. The highest BCUT2D eigenvalue weighted by Gasteiger charge is 2.12. The van der Waals surface area contributed by atoms with Crippen LogP contribution in [0.4, 0.5) is 0 Å². The number of methoxy groups -OCH3 is 1. The number of aliphatic hydroxyl groups excluding tert-OH is 1. The highest BCUT2D eigenvalue weighted by molar-refractivity contribution is 5.27. The first-order chi connectivity index (χ1) is 12.2. The van der Waals surface area contributed by atoms with Crippen molar-refractivity contribution in [1.29, 1.82) is 0 Å². The number of rotatable bonds is 11. The third-order valence-corrected chi connectivity index (χ3v) is 4.00. The van der Waals surface area contributed by atoms with Crippen molar-refractivity contribution < 1.29 is 14.6 Å². The van der Waals surface area contributed by atoms with Crippen molar-refractivity contribution in [3.63, 3.8) is 0 Å². The van der Waals surface area contributed by atoms with Gasteiger partial charge in [0.2, 0.25) is 0 Å². The van der Waals surface area contributed by atoms with Gasteiger partial charge in [0.25, 0.3) is 0 Å². The predicted molar refractivity (Wildman–Crippen MR) is 101 cm³/mol. The number of hydrogen-bond donors (Lipinski definition) is 1. The Hall–Kier alpha value is -1.88. The van der Waals surface area contributed by atoms with E-state index >= 15 is 0 Å². The summed E-state index contributed by atoms with van der Waals surface area (Å²) in [6.07, 6.45) is 0.557. The fourth-order valence-corrected chi connectivity index (χ4v) is 2.78.